The Morgan fingerprint density at radius 1 is 0.864 bits per heavy atom. The summed E-state index contributed by atoms with van der Waals surface area (Å²) in [5.41, 5.74) is 0. The standard InChI is InChI=1S/C8H13O.3C4H9.Sn/c1-3-5-6-8-9-7-4-2;3*1-3-4-2;/h3-4,8H,1-2,5-7H2;3*1,3-4H2,2H3;. The molecule has 1 atom stereocenters. The van der Waals surface area contributed by atoms with Gasteiger partial charge in [-0.2, -0.15) is 0 Å². The summed E-state index contributed by atoms with van der Waals surface area (Å²) in [7, 11) is 0. The van der Waals surface area contributed by atoms with E-state index in [1.807, 2.05) is 6.08 Å². The van der Waals surface area contributed by atoms with E-state index in [2.05, 4.69) is 40.0 Å². The summed E-state index contributed by atoms with van der Waals surface area (Å²) in [6.45, 7) is 15.5. The first kappa shape index (κ1) is 22.2. The van der Waals surface area contributed by atoms with Gasteiger partial charge < -0.3 is 0 Å². The first-order valence-corrected chi connectivity index (χ1v) is 17.2. The maximum absolute atomic E-state index is 6.38. The summed E-state index contributed by atoms with van der Waals surface area (Å²) in [6, 6.07) is 0. The molecule has 1 unspecified atom stereocenters. The predicted octanol–water partition coefficient (Wildman–Crippen LogP) is 6.91. The molecule has 0 aromatic heterocycles. The molecule has 0 rings (SSSR count). The molecule has 0 saturated heterocycles. The van der Waals surface area contributed by atoms with Gasteiger partial charge in [0, 0.05) is 0 Å². The van der Waals surface area contributed by atoms with Crippen LogP contribution in [0.2, 0.25) is 13.3 Å². The number of hydrogen-bond acceptors (Lipinski definition) is 1. The Morgan fingerprint density at radius 3 is 1.73 bits per heavy atom. The molecule has 2 heteroatoms. The van der Waals surface area contributed by atoms with Crippen LogP contribution < -0.4 is 0 Å². The molecule has 0 aliphatic heterocycles. The molecule has 0 fully saturated rings. The molecule has 0 saturated carbocycles. The molecule has 0 aromatic carbocycles. The van der Waals surface area contributed by atoms with Gasteiger partial charge >= 0.3 is 145 Å². The van der Waals surface area contributed by atoms with Gasteiger partial charge in [0.05, 0.1) is 0 Å². The van der Waals surface area contributed by atoms with Crippen molar-refractivity contribution in [3.05, 3.63) is 25.3 Å². The van der Waals surface area contributed by atoms with Crippen molar-refractivity contribution in [3.63, 3.8) is 0 Å². The summed E-state index contributed by atoms with van der Waals surface area (Å²) in [5, 5.41) is 0. The molecule has 0 aliphatic rings. The first-order valence-electron chi connectivity index (χ1n) is 9.54. The van der Waals surface area contributed by atoms with Crippen LogP contribution in [-0.4, -0.2) is 29.1 Å². The summed E-state index contributed by atoms with van der Waals surface area (Å²) in [6.07, 6.45) is 14.5. The van der Waals surface area contributed by atoms with Crippen molar-refractivity contribution in [2.75, 3.05) is 6.61 Å². The van der Waals surface area contributed by atoms with Crippen molar-refractivity contribution in [3.8, 4) is 0 Å². The van der Waals surface area contributed by atoms with E-state index in [4.69, 9.17) is 4.74 Å². The van der Waals surface area contributed by atoms with Gasteiger partial charge in [0.15, 0.2) is 0 Å². The predicted molar refractivity (Wildman–Crippen MR) is 104 cm³/mol. The van der Waals surface area contributed by atoms with Gasteiger partial charge in [0.2, 0.25) is 0 Å². The van der Waals surface area contributed by atoms with E-state index < -0.39 is 18.4 Å². The third-order valence-electron chi connectivity index (χ3n) is 4.82. The Hall–Kier alpha value is 0.239. The SMILES string of the molecule is C=CCC[CH](OCC=C)[Sn]([CH2]CCC)([CH2]CCC)[CH2]CCC. The zero-order valence-electron chi connectivity index (χ0n) is 15.5. The van der Waals surface area contributed by atoms with Gasteiger partial charge in [-0.05, 0) is 0 Å². The number of unbranched alkanes of at least 4 members (excludes halogenated alkanes) is 3. The summed E-state index contributed by atoms with van der Waals surface area (Å²) in [4.78, 5) is 0. The number of allylic oxidation sites excluding steroid dienone is 1. The van der Waals surface area contributed by atoms with E-state index in [-0.39, 0.29) is 0 Å². The molecule has 0 aliphatic carbocycles. The average molecular weight is 415 g/mol. The normalized spacial score (nSPS) is 13.0. The van der Waals surface area contributed by atoms with E-state index in [1.54, 1.807) is 0 Å². The number of ether oxygens (including phenoxy) is 1. The van der Waals surface area contributed by atoms with Crippen LogP contribution in [-0.2, 0) is 4.74 Å². The molecule has 130 valence electrons. The summed E-state index contributed by atoms with van der Waals surface area (Å²) >= 11 is -2.27. The fourth-order valence-corrected chi connectivity index (χ4v) is 20.9. The zero-order valence-corrected chi connectivity index (χ0v) is 18.4. The average Bonchev–Trinajstić information content (AvgIpc) is 2.55. The second-order valence-electron chi connectivity index (χ2n) is 6.65. The van der Waals surface area contributed by atoms with E-state index >= 15 is 0 Å². The molecule has 0 heterocycles. The minimum atomic E-state index is -2.27. The Labute approximate surface area is 144 Å². The van der Waals surface area contributed by atoms with E-state index in [0.717, 1.165) is 13.0 Å². The Kier molecular flexibility index (Phi) is 15.0. The van der Waals surface area contributed by atoms with Gasteiger partial charge in [-0.15, -0.1) is 0 Å². The van der Waals surface area contributed by atoms with Crippen molar-refractivity contribution in [2.45, 2.75) is 89.6 Å². The van der Waals surface area contributed by atoms with Crippen LogP contribution in [0.4, 0.5) is 0 Å². The molecule has 0 N–H and O–H groups in total. The van der Waals surface area contributed by atoms with Crippen molar-refractivity contribution < 1.29 is 4.74 Å². The fraction of sp³-hybridized carbons (Fsp3) is 0.800. The second kappa shape index (κ2) is 14.8. The molecule has 0 bridgehead atoms. The van der Waals surface area contributed by atoms with Crippen LogP contribution in [0.5, 0.6) is 0 Å². The van der Waals surface area contributed by atoms with Crippen molar-refractivity contribution in [2.24, 2.45) is 0 Å². The Bertz CT molecular complexity index is 241. The first-order chi connectivity index (χ1) is 10.7. The molecule has 22 heavy (non-hydrogen) atoms. The van der Waals surface area contributed by atoms with Crippen LogP contribution >= 0.6 is 0 Å². The summed E-state index contributed by atoms with van der Waals surface area (Å²) in [5.74, 6) is 0. The third-order valence-corrected chi connectivity index (χ3v) is 21.6. The molecule has 0 radical (unpaired) electrons. The van der Waals surface area contributed by atoms with E-state index in [9.17, 15) is 0 Å². The van der Waals surface area contributed by atoms with Crippen molar-refractivity contribution in [1.82, 2.24) is 0 Å². The molecule has 1 nitrogen and oxygen atoms in total. The fourth-order valence-electron chi connectivity index (χ4n) is 3.46. The van der Waals surface area contributed by atoms with Crippen LogP contribution in [0.1, 0.15) is 72.1 Å². The molecular weight excluding hydrogens is 375 g/mol. The second-order valence-corrected chi connectivity index (χ2v) is 20.5. The van der Waals surface area contributed by atoms with Gasteiger partial charge in [0.1, 0.15) is 0 Å². The van der Waals surface area contributed by atoms with Crippen LogP contribution in [0.3, 0.4) is 0 Å². The monoisotopic (exact) mass is 416 g/mol. The number of hydrogen-bond donors (Lipinski definition) is 0. The van der Waals surface area contributed by atoms with Gasteiger partial charge in [-0.25, -0.2) is 0 Å². The zero-order chi connectivity index (χ0) is 16.7. The topological polar surface area (TPSA) is 9.23 Å². The van der Waals surface area contributed by atoms with Crippen LogP contribution in [0.25, 0.3) is 0 Å². The Morgan fingerprint density at radius 2 is 1.36 bits per heavy atom. The maximum atomic E-state index is 6.38. The van der Waals surface area contributed by atoms with Crippen LogP contribution in [0.15, 0.2) is 25.3 Å². The van der Waals surface area contributed by atoms with Crippen molar-refractivity contribution in [1.29, 1.82) is 0 Å². The third kappa shape index (κ3) is 8.76. The quantitative estimate of drug-likeness (QED) is 0.197. The molecular formula is C20H40OSn. The minimum absolute atomic E-state index is 0.565. The molecule has 0 amide bonds. The molecule has 0 spiro atoms. The van der Waals surface area contributed by atoms with Crippen molar-refractivity contribution >= 4 is 18.4 Å². The molecule has 0 aromatic rings. The van der Waals surface area contributed by atoms with E-state index in [1.165, 1.54) is 58.3 Å². The number of rotatable bonds is 16. The van der Waals surface area contributed by atoms with Gasteiger partial charge in [0.25, 0.3) is 0 Å². The summed E-state index contributed by atoms with van der Waals surface area (Å²) < 4.78 is 11.5. The van der Waals surface area contributed by atoms with Gasteiger partial charge in [-0.3, -0.25) is 0 Å². The van der Waals surface area contributed by atoms with Gasteiger partial charge in [-0.1, -0.05) is 0 Å². The van der Waals surface area contributed by atoms with E-state index in [0.29, 0.717) is 4.12 Å². The Balaban J connectivity index is 5.21. The van der Waals surface area contributed by atoms with Crippen LogP contribution in [0, 0.1) is 0 Å².